The van der Waals surface area contributed by atoms with Crippen LogP contribution in [0.15, 0.2) is 60.7 Å². The summed E-state index contributed by atoms with van der Waals surface area (Å²) in [7, 11) is 0. The summed E-state index contributed by atoms with van der Waals surface area (Å²) in [6, 6.07) is 17.0. The van der Waals surface area contributed by atoms with Gasteiger partial charge in [0.15, 0.2) is 0 Å². The van der Waals surface area contributed by atoms with Crippen LogP contribution in [-0.2, 0) is 43.2 Å². The number of hydrogen-bond acceptors (Lipinski definition) is 14. The fraction of sp³-hybridized carbons (Fsp3) is 0.644. The van der Waals surface area contributed by atoms with E-state index in [0.29, 0.717) is 135 Å². The van der Waals surface area contributed by atoms with E-state index in [1.165, 1.54) is 29.4 Å². The van der Waals surface area contributed by atoms with Crippen LogP contribution in [0, 0.1) is 0 Å². The third-order valence-corrected chi connectivity index (χ3v) is 14.4. The van der Waals surface area contributed by atoms with Crippen molar-refractivity contribution in [3.8, 4) is 0 Å². The number of benzene rings is 2. The van der Waals surface area contributed by atoms with Gasteiger partial charge in [-0.3, -0.25) is 43.2 Å². The minimum Gasteiger partial charge on any atom is -0.368 e. The van der Waals surface area contributed by atoms with Crippen molar-refractivity contribution in [1.29, 1.82) is 0 Å². The summed E-state index contributed by atoms with van der Waals surface area (Å²) in [4.78, 5) is 131. The average molecular weight is 1170 g/mol. The number of thiol groups is 1. The van der Waals surface area contributed by atoms with E-state index in [0.717, 1.165) is 24.0 Å². The first-order valence-electron chi connectivity index (χ1n) is 29.5. The van der Waals surface area contributed by atoms with Crippen molar-refractivity contribution in [2.75, 3.05) is 110 Å². The largest absolute Gasteiger partial charge is 0.368 e. The third-order valence-electron chi connectivity index (χ3n) is 14.1. The monoisotopic (exact) mass is 1170 g/mol. The first-order chi connectivity index (χ1) is 39.5. The lowest BCUT2D eigenvalue weighted by molar-refractivity contribution is -0.149. The smallest absolute Gasteiger partial charge is 0.243 e. The molecule has 0 saturated carbocycles. The van der Waals surface area contributed by atoms with E-state index < -0.39 is 73.7 Å². The first kappa shape index (κ1) is 72.0. The lowest BCUT2D eigenvalue weighted by Crippen LogP contribution is -2.52. The minimum atomic E-state index is -0.724. The Balaban J connectivity index is 2.31. The predicted octanol–water partition coefficient (Wildman–Crippen LogP) is 2.59. The zero-order chi connectivity index (χ0) is 60.5. The number of hydrogen-bond donors (Lipinski definition) is 8. The van der Waals surface area contributed by atoms with Crippen LogP contribution in [0.4, 0.5) is 0 Å². The third kappa shape index (κ3) is 29.7. The van der Waals surface area contributed by atoms with Crippen molar-refractivity contribution < 1.29 is 43.2 Å². The quantitative estimate of drug-likeness (QED) is 0.0350. The van der Waals surface area contributed by atoms with Gasteiger partial charge in [0.1, 0.15) is 6.54 Å². The molecule has 0 aliphatic carbocycles. The molecule has 22 nitrogen and oxygen atoms in total. The van der Waals surface area contributed by atoms with Crippen molar-refractivity contribution >= 4 is 65.8 Å². The van der Waals surface area contributed by atoms with Gasteiger partial charge in [-0.1, -0.05) is 73.5 Å². The lowest BCUT2D eigenvalue weighted by Gasteiger charge is -2.35. The molecule has 0 aliphatic rings. The molecular formula is C59H99N13O9S. The van der Waals surface area contributed by atoms with Crippen LogP contribution < -0.4 is 39.3 Å². The van der Waals surface area contributed by atoms with Crippen LogP contribution in [0.2, 0.25) is 0 Å². The number of primary amides is 1. The average Bonchev–Trinajstić information content (AvgIpc) is 3.53. The summed E-state index contributed by atoms with van der Waals surface area (Å²) >= 11 is 4.06. The van der Waals surface area contributed by atoms with Crippen molar-refractivity contribution in [2.24, 2.45) is 28.7 Å². The van der Waals surface area contributed by atoms with Gasteiger partial charge in [0.2, 0.25) is 53.2 Å². The molecule has 2 aromatic rings. The summed E-state index contributed by atoms with van der Waals surface area (Å²) in [6.45, 7) is 4.38. The van der Waals surface area contributed by atoms with Gasteiger partial charge in [-0.2, -0.15) is 12.6 Å². The highest BCUT2D eigenvalue weighted by molar-refractivity contribution is 7.80. The molecule has 82 heavy (non-hydrogen) atoms. The van der Waals surface area contributed by atoms with E-state index in [9.17, 15) is 43.2 Å². The number of carbonyl (C=O) groups is 9. The summed E-state index contributed by atoms with van der Waals surface area (Å²) in [5.74, 6) is -3.08. The highest BCUT2D eigenvalue weighted by Gasteiger charge is 2.33. The van der Waals surface area contributed by atoms with Crippen LogP contribution >= 0.6 is 12.6 Å². The molecule has 9 amide bonds. The van der Waals surface area contributed by atoms with Gasteiger partial charge in [0.25, 0.3) is 0 Å². The minimum absolute atomic E-state index is 0.0277. The maximum atomic E-state index is 14.9. The Morgan fingerprint density at radius 2 is 0.744 bits per heavy atom. The number of nitrogens with one attached hydrogen (secondary N) is 2. The molecule has 0 aromatic heterocycles. The number of amides is 9. The number of carbonyl (C=O) groups excluding carboxylic acids is 9. The highest BCUT2D eigenvalue weighted by Crippen LogP contribution is 2.23. The Hall–Kier alpha value is -6.14. The lowest BCUT2D eigenvalue weighted by atomic mass is 10.1. The predicted molar refractivity (Wildman–Crippen MR) is 323 cm³/mol. The molecule has 2 atom stereocenters. The van der Waals surface area contributed by atoms with E-state index in [4.69, 9.17) is 28.7 Å². The van der Waals surface area contributed by atoms with Crippen LogP contribution in [0.25, 0.3) is 0 Å². The van der Waals surface area contributed by atoms with Crippen molar-refractivity contribution in [1.82, 2.24) is 40.0 Å². The summed E-state index contributed by atoms with van der Waals surface area (Å²) in [6.07, 6.45) is 9.41. The number of nitrogens with two attached hydrogens (primary N) is 5. The molecule has 23 heteroatoms. The van der Waals surface area contributed by atoms with Crippen LogP contribution in [-0.4, -0.2) is 193 Å². The number of rotatable bonds is 46. The first-order valence-corrected chi connectivity index (χ1v) is 30.2. The highest BCUT2D eigenvalue weighted by atomic mass is 32.1. The molecule has 0 radical (unpaired) electrons. The SMILES string of the molecule is C[C@@H](c1ccccc1)N(CC(N)=O)C(=O)CN(CCCCN)C(=O)CN(C(=O)CN(CCCCN)C(=O)CN(CCCCN)C(=O)CN(CCCCN)C(=O)CCCCCNC(=O)CCCCCNC(=O)CCS)[C@@H](C)c1ccccc1. The second kappa shape index (κ2) is 43.5. The van der Waals surface area contributed by atoms with Gasteiger partial charge in [-0.15, -0.1) is 0 Å². The molecular weight excluding hydrogens is 1070 g/mol. The molecule has 0 bridgehead atoms. The summed E-state index contributed by atoms with van der Waals surface area (Å²) < 4.78 is 0. The van der Waals surface area contributed by atoms with Crippen molar-refractivity contribution in [3.05, 3.63) is 71.8 Å². The molecule has 460 valence electrons. The summed E-state index contributed by atoms with van der Waals surface area (Å²) in [5, 5.41) is 5.77. The van der Waals surface area contributed by atoms with Crippen LogP contribution in [0.5, 0.6) is 0 Å². The standard InChI is InChI=1S/C59H99N13O9S/c1-47(49-23-7-3-8-24-49)71(41-51(64)73)58(80)44-70(39-22-16-33-63)57(79)46-72(48(2)50-25-9-4-10-26-50)59(81)45-69(38-21-15-32-62)56(78)43-68(37-20-14-31-61)55(77)42-67(36-19-13-30-60)54(76)28-12-6-18-34-65-52(74)27-11-5-17-35-66-53(75)29-40-82/h3-4,7-10,23-26,47-48,82H,5-6,11-22,27-46,60-63H2,1-2H3,(H2,64,73)(H,65,74)(H,66,75)/t47-,48-/m0/s1. The van der Waals surface area contributed by atoms with E-state index in [1.54, 1.807) is 13.8 Å². The van der Waals surface area contributed by atoms with Gasteiger partial charge >= 0.3 is 0 Å². The fourth-order valence-electron chi connectivity index (χ4n) is 9.17. The van der Waals surface area contributed by atoms with Crippen LogP contribution in [0.1, 0.15) is 146 Å². The maximum Gasteiger partial charge on any atom is 0.243 e. The Labute approximate surface area is 493 Å². The van der Waals surface area contributed by atoms with Gasteiger partial charge in [0.05, 0.1) is 44.8 Å². The Bertz CT molecular complexity index is 2200. The topological polar surface area (TPSA) is 327 Å². The second-order valence-electron chi connectivity index (χ2n) is 20.7. The normalized spacial score (nSPS) is 11.7. The molecule has 0 spiro atoms. The molecule has 0 heterocycles. The van der Waals surface area contributed by atoms with Crippen LogP contribution in [0.3, 0.4) is 0 Å². The zero-order valence-electron chi connectivity index (χ0n) is 49.2. The molecule has 12 N–H and O–H groups in total. The molecule has 2 rings (SSSR count). The zero-order valence-corrected chi connectivity index (χ0v) is 50.1. The van der Waals surface area contributed by atoms with Gasteiger partial charge in [0, 0.05) is 58.5 Å². The van der Waals surface area contributed by atoms with Gasteiger partial charge in [-0.05, 0) is 134 Å². The molecule has 2 aromatic carbocycles. The van der Waals surface area contributed by atoms with E-state index >= 15 is 0 Å². The van der Waals surface area contributed by atoms with E-state index in [1.807, 2.05) is 60.7 Å². The maximum absolute atomic E-state index is 14.9. The molecule has 0 saturated heterocycles. The summed E-state index contributed by atoms with van der Waals surface area (Å²) in [5.41, 5.74) is 30.5. The van der Waals surface area contributed by atoms with Crippen molar-refractivity contribution in [2.45, 2.75) is 135 Å². The van der Waals surface area contributed by atoms with E-state index in [2.05, 4.69) is 23.3 Å². The fourth-order valence-corrected chi connectivity index (χ4v) is 9.37. The molecule has 0 unspecified atom stereocenters. The number of unbranched alkanes of at least 4 members (excludes halogenated alkanes) is 8. The Morgan fingerprint density at radius 1 is 0.402 bits per heavy atom. The Morgan fingerprint density at radius 3 is 1.12 bits per heavy atom. The van der Waals surface area contributed by atoms with Crippen molar-refractivity contribution in [3.63, 3.8) is 0 Å². The molecule has 0 fully saturated rings. The molecule has 0 aliphatic heterocycles. The van der Waals surface area contributed by atoms with E-state index in [-0.39, 0.29) is 63.4 Å². The Kier molecular flexibility index (Phi) is 38.2. The number of nitrogens with zero attached hydrogens (tertiary/aromatic N) is 6. The van der Waals surface area contributed by atoms with Gasteiger partial charge in [-0.25, -0.2) is 0 Å². The van der Waals surface area contributed by atoms with Gasteiger partial charge < -0.3 is 68.7 Å². The second-order valence-corrected chi connectivity index (χ2v) is 21.2.